The molecule has 4 heteroatoms. The molecule has 0 bridgehead atoms. The van der Waals surface area contributed by atoms with E-state index in [9.17, 15) is 4.79 Å². The standard InChI is InChI=1S/C23H33NO2Se/c1-5-9-21(25)24-22(14-15-27-18-10-7-6-8-11-18)26-20-16-17(2)12-13-19(20)23(24,3)4/h5-11,17,19-20,22H,12-16H2,1-4H3/b9-5+/t17-,19-,20-,22+/m1/s1. The number of allylic oxidation sites excluding steroid dienone is 1. The molecule has 1 saturated carbocycles. The number of carbonyl (C=O) groups excluding carboxylic acids is 1. The Morgan fingerprint density at radius 1 is 1.30 bits per heavy atom. The number of hydrogen-bond acceptors (Lipinski definition) is 2. The molecule has 2 aliphatic rings. The molecule has 148 valence electrons. The van der Waals surface area contributed by atoms with E-state index >= 15 is 0 Å². The molecule has 3 rings (SSSR count). The first-order chi connectivity index (χ1) is 12.9. The number of carbonyl (C=O) groups is 1. The first-order valence-electron chi connectivity index (χ1n) is 10.2. The zero-order chi connectivity index (χ0) is 19.4. The van der Waals surface area contributed by atoms with Crippen molar-refractivity contribution in [2.24, 2.45) is 11.8 Å². The van der Waals surface area contributed by atoms with E-state index in [0.717, 1.165) is 24.6 Å². The van der Waals surface area contributed by atoms with Crippen molar-refractivity contribution in [1.29, 1.82) is 0 Å². The van der Waals surface area contributed by atoms with Gasteiger partial charge in [-0.2, -0.15) is 0 Å². The number of rotatable bonds is 5. The molecule has 1 saturated heterocycles. The third kappa shape index (κ3) is 4.67. The van der Waals surface area contributed by atoms with Gasteiger partial charge < -0.3 is 0 Å². The predicted molar refractivity (Wildman–Crippen MR) is 112 cm³/mol. The molecule has 1 heterocycles. The Morgan fingerprint density at radius 2 is 2.04 bits per heavy atom. The van der Waals surface area contributed by atoms with Crippen LogP contribution in [0.5, 0.6) is 0 Å². The Labute approximate surface area is 170 Å². The van der Waals surface area contributed by atoms with Gasteiger partial charge in [-0.1, -0.05) is 0 Å². The second kappa shape index (κ2) is 8.94. The fourth-order valence-electron chi connectivity index (χ4n) is 4.74. The fraction of sp³-hybridized carbons (Fsp3) is 0.609. The van der Waals surface area contributed by atoms with Gasteiger partial charge in [-0.25, -0.2) is 0 Å². The van der Waals surface area contributed by atoms with Gasteiger partial charge in [-0.05, 0) is 0 Å². The molecule has 3 nitrogen and oxygen atoms in total. The van der Waals surface area contributed by atoms with E-state index in [1.807, 2.05) is 17.9 Å². The van der Waals surface area contributed by atoms with Crippen LogP contribution in [0.3, 0.4) is 0 Å². The van der Waals surface area contributed by atoms with Crippen molar-refractivity contribution in [2.75, 3.05) is 0 Å². The van der Waals surface area contributed by atoms with Gasteiger partial charge in [0.2, 0.25) is 0 Å². The molecular weight excluding hydrogens is 401 g/mol. The molecule has 1 aliphatic carbocycles. The second-order valence-electron chi connectivity index (χ2n) is 8.47. The van der Waals surface area contributed by atoms with Gasteiger partial charge in [0.15, 0.2) is 0 Å². The van der Waals surface area contributed by atoms with Crippen molar-refractivity contribution in [3.63, 3.8) is 0 Å². The summed E-state index contributed by atoms with van der Waals surface area (Å²) in [7, 11) is 0. The summed E-state index contributed by atoms with van der Waals surface area (Å²) in [6.07, 6.45) is 8.15. The van der Waals surface area contributed by atoms with Crippen molar-refractivity contribution in [3.8, 4) is 0 Å². The monoisotopic (exact) mass is 435 g/mol. The van der Waals surface area contributed by atoms with Crippen LogP contribution in [0.4, 0.5) is 0 Å². The van der Waals surface area contributed by atoms with E-state index in [0.29, 0.717) is 26.8 Å². The van der Waals surface area contributed by atoms with Crippen LogP contribution in [0.1, 0.15) is 53.4 Å². The van der Waals surface area contributed by atoms with Crippen molar-refractivity contribution >= 4 is 25.3 Å². The zero-order valence-corrected chi connectivity index (χ0v) is 18.8. The summed E-state index contributed by atoms with van der Waals surface area (Å²) in [4.78, 5) is 15.0. The molecule has 0 unspecified atom stereocenters. The Kier molecular flexibility index (Phi) is 6.83. The van der Waals surface area contributed by atoms with Crippen LogP contribution in [0, 0.1) is 11.8 Å². The molecule has 2 fully saturated rings. The topological polar surface area (TPSA) is 29.5 Å². The van der Waals surface area contributed by atoms with Crippen LogP contribution in [0.15, 0.2) is 42.5 Å². The van der Waals surface area contributed by atoms with E-state index in [4.69, 9.17) is 4.74 Å². The van der Waals surface area contributed by atoms with Gasteiger partial charge in [-0.3, -0.25) is 0 Å². The van der Waals surface area contributed by atoms with E-state index < -0.39 is 0 Å². The predicted octanol–water partition coefficient (Wildman–Crippen LogP) is 4.17. The van der Waals surface area contributed by atoms with E-state index in [2.05, 4.69) is 51.1 Å². The molecule has 1 amide bonds. The van der Waals surface area contributed by atoms with Gasteiger partial charge in [0, 0.05) is 0 Å². The minimum atomic E-state index is -0.163. The van der Waals surface area contributed by atoms with Crippen molar-refractivity contribution < 1.29 is 9.53 Å². The molecule has 0 aromatic heterocycles. The molecule has 1 aromatic carbocycles. The summed E-state index contributed by atoms with van der Waals surface area (Å²) >= 11 is 0.417. The average molecular weight is 434 g/mol. The Hall–Kier alpha value is -1.09. The molecule has 0 spiro atoms. The average Bonchev–Trinajstić information content (AvgIpc) is 2.62. The van der Waals surface area contributed by atoms with Crippen molar-refractivity contribution in [3.05, 3.63) is 42.5 Å². The van der Waals surface area contributed by atoms with Gasteiger partial charge in [0.05, 0.1) is 0 Å². The van der Waals surface area contributed by atoms with Crippen molar-refractivity contribution in [2.45, 2.75) is 76.6 Å². The van der Waals surface area contributed by atoms with Crippen LogP contribution in [-0.4, -0.2) is 43.6 Å². The quantitative estimate of drug-likeness (QED) is 0.514. The summed E-state index contributed by atoms with van der Waals surface area (Å²) in [5.74, 6) is 1.24. The summed E-state index contributed by atoms with van der Waals surface area (Å²) in [6, 6.07) is 10.7. The molecular formula is C23H33NO2Se. The molecule has 1 aromatic rings. The maximum atomic E-state index is 13.0. The Bertz CT molecular complexity index is 658. The molecule has 1 aliphatic heterocycles. The van der Waals surface area contributed by atoms with Crippen LogP contribution in [-0.2, 0) is 9.53 Å². The summed E-state index contributed by atoms with van der Waals surface area (Å²) < 4.78 is 8.01. The van der Waals surface area contributed by atoms with Gasteiger partial charge >= 0.3 is 171 Å². The van der Waals surface area contributed by atoms with Gasteiger partial charge in [0.25, 0.3) is 0 Å². The number of fused-ring (bicyclic) bond motifs is 1. The number of benzene rings is 1. The van der Waals surface area contributed by atoms with E-state index in [1.165, 1.54) is 10.9 Å². The first kappa shape index (κ1) is 20.6. The zero-order valence-electron chi connectivity index (χ0n) is 17.1. The maximum absolute atomic E-state index is 13.0. The Balaban J connectivity index is 1.76. The molecule has 27 heavy (non-hydrogen) atoms. The van der Waals surface area contributed by atoms with E-state index in [1.54, 1.807) is 6.08 Å². The second-order valence-corrected chi connectivity index (χ2v) is 10.9. The van der Waals surface area contributed by atoms with Gasteiger partial charge in [0.1, 0.15) is 0 Å². The number of amides is 1. The summed E-state index contributed by atoms with van der Waals surface area (Å²) in [6.45, 7) is 8.74. The van der Waals surface area contributed by atoms with E-state index in [-0.39, 0.29) is 23.8 Å². The third-order valence-corrected chi connectivity index (χ3v) is 8.32. The van der Waals surface area contributed by atoms with Crippen LogP contribution in [0.2, 0.25) is 5.32 Å². The summed E-state index contributed by atoms with van der Waals surface area (Å²) in [5, 5.41) is 1.09. The van der Waals surface area contributed by atoms with Crippen LogP contribution in [0.25, 0.3) is 0 Å². The fourth-order valence-corrected chi connectivity index (χ4v) is 6.64. The SMILES string of the molecule is C/C=C/C(=O)N1[C@H](CC[Se]c2ccccc2)O[C@@H]2C[C@H](C)CC[C@H]2C1(C)C. The van der Waals surface area contributed by atoms with Crippen molar-refractivity contribution in [1.82, 2.24) is 4.90 Å². The molecule has 0 N–H and O–H groups in total. The molecule has 0 radical (unpaired) electrons. The first-order valence-corrected chi connectivity index (χ1v) is 12.3. The van der Waals surface area contributed by atoms with Crippen LogP contribution < -0.4 is 4.46 Å². The number of nitrogens with zero attached hydrogens (tertiary/aromatic N) is 1. The van der Waals surface area contributed by atoms with Crippen LogP contribution >= 0.6 is 0 Å². The third-order valence-electron chi connectivity index (χ3n) is 6.13. The molecule has 4 atom stereocenters. The number of hydrogen-bond donors (Lipinski definition) is 0. The number of ether oxygens (including phenoxy) is 1. The Morgan fingerprint density at radius 3 is 2.74 bits per heavy atom. The summed E-state index contributed by atoms with van der Waals surface area (Å²) in [5.41, 5.74) is -0.163. The van der Waals surface area contributed by atoms with Gasteiger partial charge in [-0.15, -0.1) is 0 Å². The minimum absolute atomic E-state index is 0.0942. The normalized spacial score (nSPS) is 30.3.